The van der Waals surface area contributed by atoms with Gasteiger partial charge in [-0.25, -0.2) is 5.20 Å². The summed E-state index contributed by atoms with van der Waals surface area (Å²) in [5.74, 6) is 0. The first-order valence-electron chi connectivity index (χ1n) is 6.99. The molecule has 1 aromatic heterocycles. The molecule has 0 amide bonds. The van der Waals surface area contributed by atoms with Crippen molar-refractivity contribution >= 4 is 40.5 Å². The predicted molar refractivity (Wildman–Crippen MR) is 91.1 cm³/mol. The Balaban J connectivity index is 2.23. The second kappa shape index (κ2) is 7.61. The largest absolute Gasteiger partial charge is 0.325 e. The van der Waals surface area contributed by atoms with Gasteiger partial charge >= 0.3 is 11.6 Å². The molecule has 0 saturated heterocycles. The summed E-state index contributed by atoms with van der Waals surface area (Å²) in [6.07, 6.45) is 2.51. The summed E-state index contributed by atoms with van der Waals surface area (Å²) < 4.78 is 10.9. The van der Waals surface area contributed by atoms with Crippen LogP contribution in [-0.4, -0.2) is 23.8 Å². The average Bonchev–Trinajstić information content (AvgIpc) is 2.90. The number of fused-ring (bicyclic) bond motifs is 1. The van der Waals surface area contributed by atoms with Crippen LogP contribution >= 0.6 is 18.0 Å². The molecule has 1 heterocycles. The van der Waals surface area contributed by atoms with Gasteiger partial charge in [-0.15, -0.1) is 0 Å². The number of hydrogen-bond donors (Lipinski definition) is 1. The van der Waals surface area contributed by atoms with Gasteiger partial charge in [-0.2, -0.15) is 5.10 Å². The van der Waals surface area contributed by atoms with Crippen LogP contribution in [0.5, 0.6) is 0 Å². The lowest BCUT2D eigenvalue weighted by Gasteiger charge is -2.21. The maximum Gasteiger partial charge on any atom is 0.325 e. The Morgan fingerprint density at radius 1 is 1.45 bits per heavy atom. The van der Waals surface area contributed by atoms with E-state index >= 15 is 0 Å². The van der Waals surface area contributed by atoms with Gasteiger partial charge in [0.05, 0.1) is 23.8 Å². The zero-order valence-electron chi connectivity index (χ0n) is 12.4. The standard InChI is InChI=1S/C12H18N3O4PS2/c1-3-18-20(21,19-4-2)14-13-10-6-5-7-11-9(10)8-12(22-11)15(16)17/h8H,3-7H2,1-2H3,(H,14,21). The van der Waals surface area contributed by atoms with Crippen molar-refractivity contribution in [1.82, 2.24) is 5.20 Å². The van der Waals surface area contributed by atoms with Crippen LogP contribution in [0.25, 0.3) is 0 Å². The molecule has 0 spiro atoms. The average molecular weight is 363 g/mol. The minimum absolute atomic E-state index is 0.147. The summed E-state index contributed by atoms with van der Waals surface area (Å²) in [6, 6.07) is 1.59. The third-order valence-electron chi connectivity index (χ3n) is 3.01. The fourth-order valence-corrected chi connectivity index (χ4v) is 5.06. The van der Waals surface area contributed by atoms with Crippen LogP contribution < -0.4 is 5.20 Å². The summed E-state index contributed by atoms with van der Waals surface area (Å²) in [6.45, 7) is 1.91. The number of nitro groups is 1. The van der Waals surface area contributed by atoms with Gasteiger partial charge in [0, 0.05) is 16.5 Å². The van der Waals surface area contributed by atoms with E-state index in [1.807, 2.05) is 13.8 Å². The molecule has 10 heteroatoms. The highest BCUT2D eigenvalue weighted by Crippen LogP contribution is 2.44. The van der Waals surface area contributed by atoms with Crippen LogP contribution in [0.1, 0.15) is 37.1 Å². The number of nitrogens with one attached hydrogen (secondary N) is 1. The van der Waals surface area contributed by atoms with E-state index in [2.05, 4.69) is 10.3 Å². The summed E-state index contributed by atoms with van der Waals surface area (Å²) in [7, 11) is 0. The second-order valence-corrected chi connectivity index (χ2v) is 8.79. The maximum absolute atomic E-state index is 10.9. The lowest BCUT2D eigenvalue weighted by molar-refractivity contribution is -0.380. The summed E-state index contributed by atoms with van der Waals surface area (Å²) in [5.41, 5.74) is 1.62. The molecule has 0 saturated carbocycles. The normalized spacial score (nSPS) is 16.5. The topological polar surface area (TPSA) is 86.0 Å². The first kappa shape index (κ1) is 17.5. The fourth-order valence-electron chi connectivity index (χ4n) is 2.16. The number of aryl methyl sites for hydroxylation is 1. The third kappa shape index (κ3) is 4.11. The molecule has 0 bridgehead atoms. The van der Waals surface area contributed by atoms with Gasteiger partial charge in [0.2, 0.25) is 0 Å². The quantitative estimate of drug-likeness (QED) is 0.453. The molecular formula is C12H18N3O4PS2. The Labute approximate surface area is 138 Å². The minimum Gasteiger partial charge on any atom is -0.313 e. The van der Waals surface area contributed by atoms with Gasteiger partial charge < -0.3 is 9.05 Å². The number of thiophene rings is 1. The molecule has 0 radical (unpaired) electrons. The minimum atomic E-state index is -2.64. The van der Waals surface area contributed by atoms with Gasteiger partial charge in [0.1, 0.15) is 0 Å². The van der Waals surface area contributed by atoms with E-state index in [1.165, 1.54) is 11.3 Å². The highest BCUT2D eigenvalue weighted by molar-refractivity contribution is 8.08. The first-order valence-corrected chi connectivity index (χ1v) is 10.4. The van der Waals surface area contributed by atoms with Crippen molar-refractivity contribution in [2.24, 2.45) is 5.10 Å². The van der Waals surface area contributed by atoms with Crippen molar-refractivity contribution in [3.8, 4) is 0 Å². The third-order valence-corrected chi connectivity index (χ3v) is 6.57. The van der Waals surface area contributed by atoms with E-state index in [9.17, 15) is 10.1 Å². The van der Waals surface area contributed by atoms with Crippen LogP contribution in [0.2, 0.25) is 0 Å². The lowest BCUT2D eigenvalue weighted by atomic mass is 9.97. The highest BCUT2D eigenvalue weighted by Gasteiger charge is 2.25. The molecule has 0 aliphatic heterocycles. The van der Waals surface area contributed by atoms with Crippen LogP contribution in [0.4, 0.5) is 5.00 Å². The monoisotopic (exact) mass is 363 g/mol. The fraction of sp³-hybridized carbons (Fsp3) is 0.583. The number of hydrogen-bond acceptors (Lipinski definition) is 7. The van der Waals surface area contributed by atoms with E-state index in [1.54, 1.807) is 6.07 Å². The Hall–Kier alpha value is -0.860. The molecule has 0 aromatic carbocycles. The Bertz CT molecular complexity index is 622. The van der Waals surface area contributed by atoms with Crippen LogP contribution in [0.15, 0.2) is 11.2 Å². The Kier molecular flexibility index (Phi) is 6.05. The van der Waals surface area contributed by atoms with E-state index in [4.69, 9.17) is 20.9 Å². The number of nitrogens with zero attached hydrogens (tertiary/aromatic N) is 2. The molecule has 122 valence electrons. The number of rotatable bonds is 7. The van der Waals surface area contributed by atoms with Crippen molar-refractivity contribution < 1.29 is 14.0 Å². The van der Waals surface area contributed by atoms with Crippen LogP contribution in [-0.2, 0) is 27.3 Å². The zero-order chi connectivity index (χ0) is 16.2. The highest BCUT2D eigenvalue weighted by atomic mass is 32.5. The van der Waals surface area contributed by atoms with Crippen molar-refractivity contribution in [2.45, 2.75) is 33.1 Å². The van der Waals surface area contributed by atoms with Crippen LogP contribution in [0, 0.1) is 10.1 Å². The van der Waals surface area contributed by atoms with Crippen molar-refractivity contribution in [2.75, 3.05) is 13.2 Å². The van der Waals surface area contributed by atoms with E-state index in [-0.39, 0.29) is 9.92 Å². The van der Waals surface area contributed by atoms with Crippen molar-refractivity contribution in [1.29, 1.82) is 0 Å². The Morgan fingerprint density at radius 2 is 2.14 bits per heavy atom. The van der Waals surface area contributed by atoms with E-state index < -0.39 is 6.64 Å². The van der Waals surface area contributed by atoms with Gasteiger partial charge in [0.15, 0.2) is 0 Å². The second-order valence-electron chi connectivity index (χ2n) is 4.52. The van der Waals surface area contributed by atoms with E-state index in [0.717, 1.165) is 35.4 Å². The molecule has 1 aromatic rings. The van der Waals surface area contributed by atoms with Gasteiger partial charge in [-0.1, -0.05) is 11.3 Å². The Morgan fingerprint density at radius 3 is 2.73 bits per heavy atom. The molecule has 1 aliphatic rings. The molecule has 2 rings (SSSR count). The molecular weight excluding hydrogens is 345 g/mol. The number of hydrazone groups is 1. The smallest absolute Gasteiger partial charge is 0.313 e. The zero-order valence-corrected chi connectivity index (χ0v) is 14.9. The lowest BCUT2D eigenvalue weighted by Crippen LogP contribution is -2.16. The maximum atomic E-state index is 10.9. The van der Waals surface area contributed by atoms with Gasteiger partial charge in [-0.05, 0) is 44.9 Å². The predicted octanol–water partition coefficient (Wildman–Crippen LogP) is 3.58. The molecule has 7 nitrogen and oxygen atoms in total. The molecule has 1 N–H and O–H groups in total. The summed E-state index contributed by atoms with van der Waals surface area (Å²) in [5, 5.41) is 18.3. The van der Waals surface area contributed by atoms with Crippen LogP contribution in [0.3, 0.4) is 0 Å². The molecule has 1 aliphatic carbocycles. The molecule has 0 unspecified atom stereocenters. The molecule has 0 fully saturated rings. The molecule has 0 atom stereocenters. The van der Waals surface area contributed by atoms with Crippen molar-refractivity contribution in [3.05, 3.63) is 26.6 Å². The van der Waals surface area contributed by atoms with Crippen molar-refractivity contribution in [3.63, 3.8) is 0 Å². The molecule has 22 heavy (non-hydrogen) atoms. The summed E-state index contributed by atoms with van der Waals surface area (Å²) in [4.78, 5) is 11.6. The van der Waals surface area contributed by atoms with Gasteiger partial charge in [0.25, 0.3) is 0 Å². The van der Waals surface area contributed by atoms with E-state index in [0.29, 0.717) is 13.2 Å². The SMILES string of the molecule is CCOP(=S)(NN=C1CCCc2sc([N+](=O)[O-])cc21)OCC. The van der Waals surface area contributed by atoms with Gasteiger partial charge in [-0.3, -0.25) is 10.1 Å². The summed E-state index contributed by atoms with van der Waals surface area (Å²) >= 11 is 6.57. The first-order chi connectivity index (χ1) is 10.5.